The van der Waals surface area contributed by atoms with Gasteiger partial charge in [-0.15, -0.1) is 0 Å². The van der Waals surface area contributed by atoms with Gasteiger partial charge in [0.05, 0.1) is 5.69 Å². The van der Waals surface area contributed by atoms with E-state index in [0.29, 0.717) is 21.7 Å². The van der Waals surface area contributed by atoms with E-state index in [9.17, 15) is 19.5 Å². The molecular weight excluding hydrogens is 488 g/mol. The number of nitrogens with one attached hydrogen (secondary N) is 1. The summed E-state index contributed by atoms with van der Waals surface area (Å²) in [7, 11) is 1.48. The third kappa shape index (κ3) is 4.57. The average Bonchev–Trinajstić information content (AvgIpc) is 3.02. The minimum Gasteiger partial charge on any atom is -0.480 e. The summed E-state index contributed by atoms with van der Waals surface area (Å²) in [5.74, 6) is -2.22. The molecule has 7 nitrogen and oxygen atoms in total. The molecule has 0 radical (unpaired) electrons. The van der Waals surface area contributed by atoms with Gasteiger partial charge in [-0.05, 0) is 40.6 Å². The number of hydrogen-bond donors (Lipinski definition) is 2. The summed E-state index contributed by atoms with van der Waals surface area (Å²) in [5, 5.41) is 14.4. The Balaban J connectivity index is 1.64. The second-order valence-electron chi connectivity index (χ2n) is 8.59. The molecule has 0 spiro atoms. The van der Waals surface area contributed by atoms with Crippen molar-refractivity contribution in [3.63, 3.8) is 0 Å². The molecule has 1 aliphatic rings. The molecule has 0 fully saturated rings. The standard InChI is InChI=1S/C29H24N2O5S/c1-36-29(22-11-3-2-4-12-22)26(30-27(34)21-16-15-19-9-5-6-10-20(19)17-21)28(35)31(18-25(32)33)23-13-7-8-14-24(23)37-29/h2-17,26H,18H2,1H3,(H,30,34)(H,32,33). The number of carbonyl (C=O) groups excluding carboxylic acids is 2. The number of carboxylic acids is 1. The Bertz CT molecular complexity index is 1490. The van der Waals surface area contributed by atoms with Gasteiger partial charge in [0, 0.05) is 17.6 Å². The molecule has 0 aliphatic carbocycles. The first-order valence-electron chi connectivity index (χ1n) is 11.6. The van der Waals surface area contributed by atoms with Gasteiger partial charge < -0.3 is 15.2 Å². The maximum Gasteiger partial charge on any atom is 0.323 e. The first-order valence-corrected chi connectivity index (χ1v) is 12.5. The van der Waals surface area contributed by atoms with E-state index in [1.165, 1.54) is 23.8 Å². The Hall–Kier alpha value is -4.14. The number of benzene rings is 4. The van der Waals surface area contributed by atoms with Crippen LogP contribution < -0.4 is 10.2 Å². The summed E-state index contributed by atoms with van der Waals surface area (Å²) in [6, 6.07) is 28.0. The molecule has 4 aromatic carbocycles. The van der Waals surface area contributed by atoms with Crippen molar-refractivity contribution in [1.82, 2.24) is 5.32 Å². The summed E-state index contributed by atoms with van der Waals surface area (Å²) in [6.07, 6.45) is 0. The number of anilines is 1. The summed E-state index contributed by atoms with van der Waals surface area (Å²) in [4.78, 5) is 40.0. The summed E-state index contributed by atoms with van der Waals surface area (Å²) < 4.78 is 6.10. The number of carboxylic acid groups (broad SMARTS) is 1. The topological polar surface area (TPSA) is 95.9 Å². The van der Waals surface area contributed by atoms with Gasteiger partial charge in [-0.25, -0.2) is 0 Å². The van der Waals surface area contributed by atoms with Gasteiger partial charge in [-0.3, -0.25) is 19.3 Å². The molecule has 0 saturated heterocycles. The molecule has 1 aliphatic heterocycles. The number of nitrogens with zero attached hydrogens (tertiary/aromatic N) is 1. The number of methoxy groups -OCH3 is 1. The van der Waals surface area contributed by atoms with Crippen LogP contribution in [0, 0.1) is 0 Å². The minimum atomic E-state index is -1.37. The van der Waals surface area contributed by atoms with Crippen LogP contribution in [0.1, 0.15) is 15.9 Å². The van der Waals surface area contributed by atoms with E-state index in [-0.39, 0.29) is 0 Å². The minimum absolute atomic E-state index is 0.376. The molecule has 0 saturated carbocycles. The maximum atomic E-state index is 14.1. The van der Waals surface area contributed by atoms with Gasteiger partial charge in [-0.1, -0.05) is 84.6 Å². The first kappa shape index (κ1) is 24.5. The Labute approximate surface area is 218 Å². The predicted molar refractivity (Wildman–Crippen MR) is 143 cm³/mol. The van der Waals surface area contributed by atoms with E-state index in [2.05, 4.69) is 5.32 Å². The number of thioether (sulfide) groups is 1. The fraction of sp³-hybridized carbons (Fsp3) is 0.138. The fourth-order valence-corrected chi connectivity index (χ4v) is 5.97. The van der Waals surface area contributed by atoms with E-state index in [0.717, 1.165) is 10.8 Å². The molecule has 0 bridgehead atoms. The van der Waals surface area contributed by atoms with Crippen LogP contribution in [0.25, 0.3) is 10.8 Å². The zero-order valence-corrected chi connectivity index (χ0v) is 20.8. The highest BCUT2D eigenvalue weighted by Gasteiger charge is 2.51. The van der Waals surface area contributed by atoms with Gasteiger partial charge in [0.2, 0.25) is 0 Å². The smallest absolute Gasteiger partial charge is 0.323 e. The van der Waals surface area contributed by atoms with E-state index in [4.69, 9.17) is 4.74 Å². The molecule has 2 amide bonds. The lowest BCUT2D eigenvalue weighted by atomic mass is 9.98. The fourth-order valence-electron chi connectivity index (χ4n) is 4.60. The van der Waals surface area contributed by atoms with Crippen LogP contribution in [0.3, 0.4) is 0 Å². The molecule has 186 valence electrons. The lowest BCUT2D eigenvalue weighted by Gasteiger charge is -2.38. The van der Waals surface area contributed by atoms with E-state index in [1.807, 2.05) is 72.8 Å². The molecule has 8 heteroatoms. The van der Waals surface area contributed by atoms with E-state index >= 15 is 0 Å². The number of ether oxygens (including phenoxy) is 1. The highest BCUT2D eigenvalue weighted by Crippen LogP contribution is 2.50. The first-order chi connectivity index (χ1) is 17.9. The highest BCUT2D eigenvalue weighted by molar-refractivity contribution is 8.00. The van der Waals surface area contributed by atoms with Crippen molar-refractivity contribution >= 4 is 46.0 Å². The lowest BCUT2D eigenvalue weighted by molar-refractivity contribution is -0.137. The number of rotatable bonds is 6. The van der Waals surface area contributed by atoms with Gasteiger partial charge in [0.1, 0.15) is 6.54 Å². The third-order valence-corrected chi connectivity index (χ3v) is 7.88. The third-order valence-electron chi connectivity index (χ3n) is 6.37. The van der Waals surface area contributed by atoms with Crippen LogP contribution in [0.2, 0.25) is 0 Å². The predicted octanol–water partition coefficient (Wildman–Crippen LogP) is 4.66. The van der Waals surface area contributed by atoms with Crippen molar-refractivity contribution in [3.05, 3.63) is 108 Å². The van der Waals surface area contributed by atoms with Crippen LogP contribution in [0.15, 0.2) is 102 Å². The SMILES string of the molecule is COC1(c2ccccc2)Sc2ccccc2N(CC(=O)O)C(=O)C1NC(=O)c1ccc2ccccc2c1. The van der Waals surface area contributed by atoms with E-state index in [1.54, 1.807) is 24.3 Å². The second-order valence-corrected chi connectivity index (χ2v) is 9.84. The number of aliphatic carboxylic acids is 1. The van der Waals surface area contributed by atoms with Crippen molar-refractivity contribution in [2.75, 3.05) is 18.6 Å². The number of para-hydroxylation sites is 1. The molecule has 5 rings (SSSR count). The quantitative estimate of drug-likeness (QED) is 0.390. The van der Waals surface area contributed by atoms with Crippen LogP contribution in [0.5, 0.6) is 0 Å². The Kier molecular flexibility index (Phi) is 6.69. The van der Waals surface area contributed by atoms with Crippen LogP contribution in [-0.2, 0) is 19.3 Å². The monoisotopic (exact) mass is 512 g/mol. The molecule has 2 N–H and O–H groups in total. The van der Waals surface area contributed by atoms with Gasteiger partial charge in [-0.2, -0.15) is 0 Å². The van der Waals surface area contributed by atoms with Crippen molar-refractivity contribution in [2.24, 2.45) is 0 Å². The van der Waals surface area contributed by atoms with Gasteiger partial charge in [0.25, 0.3) is 11.8 Å². The largest absolute Gasteiger partial charge is 0.480 e. The van der Waals surface area contributed by atoms with Gasteiger partial charge >= 0.3 is 5.97 Å². The normalized spacial score (nSPS) is 19.2. The highest BCUT2D eigenvalue weighted by atomic mass is 32.2. The Morgan fingerprint density at radius 1 is 0.946 bits per heavy atom. The maximum absolute atomic E-state index is 14.1. The molecule has 1 heterocycles. The summed E-state index contributed by atoms with van der Waals surface area (Å²) >= 11 is 1.27. The Morgan fingerprint density at radius 3 is 2.35 bits per heavy atom. The van der Waals surface area contributed by atoms with Crippen LogP contribution in [0.4, 0.5) is 5.69 Å². The molecular formula is C29H24N2O5S. The zero-order chi connectivity index (χ0) is 26.0. The number of hydrogen-bond acceptors (Lipinski definition) is 5. The van der Waals surface area contributed by atoms with E-state index < -0.39 is 35.3 Å². The molecule has 2 unspecified atom stereocenters. The summed E-state index contributed by atoms with van der Waals surface area (Å²) in [5.41, 5.74) is 1.48. The second kappa shape index (κ2) is 10.1. The van der Waals surface area contributed by atoms with Gasteiger partial charge in [0.15, 0.2) is 11.0 Å². The van der Waals surface area contributed by atoms with Crippen molar-refractivity contribution in [1.29, 1.82) is 0 Å². The summed E-state index contributed by atoms with van der Waals surface area (Å²) in [6.45, 7) is -0.562. The number of fused-ring (bicyclic) bond motifs is 2. The Morgan fingerprint density at radius 2 is 1.62 bits per heavy atom. The van der Waals surface area contributed by atoms with Crippen LogP contribution in [-0.4, -0.2) is 42.6 Å². The number of amides is 2. The molecule has 37 heavy (non-hydrogen) atoms. The molecule has 4 aromatic rings. The van der Waals surface area contributed by atoms with Crippen molar-refractivity contribution in [3.8, 4) is 0 Å². The number of carbonyl (C=O) groups is 3. The zero-order valence-electron chi connectivity index (χ0n) is 20.0. The van der Waals surface area contributed by atoms with Crippen LogP contribution >= 0.6 is 11.8 Å². The lowest BCUT2D eigenvalue weighted by Crippen LogP contribution is -2.58. The van der Waals surface area contributed by atoms with Crippen molar-refractivity contribution in [2.45, 2.75) is 15.9 Å². The van der Waals surface area contributed by atoms with Crippen molar-refractivity contribution < 1.29 is 24.2 Å². The average molecular weight is 513 g/mol. The molecule has 2 atom stereocenters. The molecule has 0 aromatic heterocycles.